The van der Waals surface area contributed by atoms with Crippen LogP contribution in [0.15, 0.2) is 0 Å². The van der Waals surface area contributed by atoms with E-state index in [1.807, 2.05) is 6.92 Å². The van der Waals surface area contributed by atoms with Gasteiger partial charge in [-0.1, -0.05) is 34.1 Å². The summed E-state index contributed by atoms with van der Waals surface area (Å²) in [5, 5.41) is 20.5. The van der Waals surface area contributed by atoms with Gasteiger partial charge in [0.15, 0.2) is 0 Å². The van der Waals surface area contributed by atoms with Gasteiger partial charge in [-0.3, -0.25) is 0 Å². The Morgan fingerprint density at radius 1 is 1.11 bits per heavy atom. The van der Waals surface area contributed by atoms with E-state index in [1.54, 1.807) is 0 Å². The minimum atomic E-state index is -0.624. The van der Waals surface area contributed by atoms with Gasteiger partial charge >= 0.3 is 0 Å². The van der Waals surface area contributed by atoms with E-state index >= 15 is 0 Å². The fraction of sp³-hybridized carbons (Fsp3) is 1.00. The molecule has 2 aliphatic carbocycles. The molecule has 112 valence electrons. The van der Waals surface area contributed by atoms with Crippen LogP contribution in [0.1, 0.15) is 66.7 Å². The predicted molar refractivity (Wildman–Crippen MR) is 78.8 cm³/mol. The number of fused-ring (bicyclic) bond motifs is 1. The van der Waals surface area contributed by atoms with Crippen molar-refractivity contribution < 1.29 is 10.2 Å². The largest absolute Gasteiger partial charge is 0.396 e. The zero-order valence-corrected chi connectivity index (χ0v) is 13.4. The molecule has 0 aromatic rings. The lowest BCUT2D eigenvalue weighted by Crippen LogP contribution is -2.59. The molecule has 2 N–H and O–H groups in total. The van der Waals surface area contributed by atoms with Crippen LogP contribution in [0.5, 0.6) is 0 Å². The smallest absolute Gasteiger partial charge is 0.0656 e. The Bertz CT molecular complexity index is 334. The van der Waals surface area contributed by atoms with Gasteiger partial charge in [-0.2, -0.15) is 0 Å². The van der Waals surface area contributed by atoms with Crippen LogP contribution in [-0.4, -0.2) is 22.4 Å². The summed E-state index contributed by atoms with van der Waals surface area (Å²) in [5.74, 6) is 1.06. The third-order valence-corrected chi connectivity index (χ3v) is 6.45. The summed E-state index contributed by atoms with van der Waals surface area (Å²) in [6, 6.07) is 0. The van der Waals surface area contributed by atoms with Crippen LogP contribution in [0.3, 0.4) is 0 Å². The van der Waals surface area contributed by atoms with Crippen LogP contribution in [0, 0.1) is 28.6 Å². The zero-order chi connectivity index (χ0) is 14.5. The molecule has 0 unspecified atom stereocenters. The molecule has 19 heavy (non-hydrogen) atoms. The molecule has 2 saturated carbocycles. The van der Waals surface area contributed by atoms with Crippen LogP contribution < -0.4 is 0 Å². The maximum atomic E-state index is 10.9. The van der Waals surface area contributed by atoms with Crippen molar-refractivity contribution >= 4 is 0 Å². The zero-order valence-electron chi connectivity index (χ0n) is 13.4. The number of hydrogen-bond donors (Lipinski definition) is 2. The molecule has 0 aliphatic heterocycles. The maximum Gasteiger partial charge on any atom is 0.0656 e. The second-order valence-electron chi connectivity index (χ2n) is 8.43. The van der Waals surface area contributed by atoms with Gasteiger partial charge in [-0.15, -0.1) is 0 Å². The highest BCUT2D eigenvalue weighted by Gasteiger charge is 2.59. The monoisotopic (exact) mass is 268 g/mol. The van der Waals surface area contributed by atoms with E-state index in [0.717, 1.165) is 12.8 Å². The van der Waals surface area contributed by atoms with Gasteiger partial charge in [0.05, 0.1) is 5.60 Å². The Morgan fingerprint density at radius 3 is 2.32 bits per heavy atom. The van der Waals surface area contributed by atoms with Crippen molar-refractivity contribution in [3.05, 3.63) is 0 Å². The van der Waals surface area contributed by atoms with Crippen molar-refractivity contribution in [2.75, 3.05) is 6.61 Å². The highest BCUT2D eigenvalue weighted by atomic mass is 16.3. The Kier molecular flexibility index (Phi) is 3.81. The second-order valence-corrected chi connectivity index (χ2v) is 8.43. The van der Waals surface area contributed by atoms with Gasteiger partial charge in [0, 0.05) is 6.61 Å². The molecule has 0 aromatic heterocycles. The first kappa shape index (κ1) is 15.3. The molecular formula is C17H32O2. The normalized spacial score (nSPS) is 47.5. The van der Waals surface area contributed by atoms with Gasteiger partial charge < -0.3 is 10.2 Å². The van der Waals surface area contributed by atoms with Gasteiger partial charge in [-0.05, 0) is 61.2 Å². The molecule has 2 rings (SSSR count). The maximum absolute atomic E-state index is 10.9. The highest BCUT2D eigenvalue weighted by molar-refractivity contribution is 5.08. The van der Waals surface area contributed by atoms with Crippen molar-refractivity contribution in [1.29, 1.82) is 0 Å². The van der Waals surface area contributed by atoms with Gasteiger partial charge in [0.25, 0.3) is 0 Å². The molecule has 5 atom stereocenters. The Balaban J connectivity index is 2.41. The molecule has 2 heteroatoms. The van der Waals surface area contributed by atoms with Gasteiger partial charge in [0.1, 0.15) is 0 Å². The summed E-state index contributed by atoms with van der Waals surface area (Å²) in [6.45, 7) is 11.5. The number of rotatable bonds is 2. The first-order chi connectivity index (χ1) is 8.65. The molecule has 0 heterocycles. The van der Waals surface area contributed by atoms with Crippen molar-refractivity contribution in [3.63, 3.8) is 0 Å². The van der Waals surface area contributed by atoms with Crippen LogP contribution in [0.2, 0.25) is 0 Å². The first-order valence-corrected chi connectivity index (χ1v) is 7.98. The minimum Gasteiger partial charge on any atom is -0.396 e. The van der Waals surface area contributed by atoms with E-state index < -0.39 is 5.60 Å². The summed E-state index contributed by atoms with van der Waals surface area (Å²) in [7, 11) is 0. The average molecular weight is 268 g/mol. The third-order valence-electron chi connectivity index (χ3n) is 6.45. The third kappa shape index (κ3) is 2.35. The van der Waals surface area contributed by atoms with E-state index in [-0.39, 0.29) is 23.9 Å². The van der Waals surface area contributed by atoms with Gasteiger partial charge in [0.2, 0.25) is 0 Å². The fourth-order valence-corrected chi connectivity index (χ4v) is 5.93. The van der Waals surface area contributed by atoms with Crippen LogP contribution in [0.25, 0.3) is 0 Å². The molecule has 2 nitrogen and oxygen atoms in total. The molecule has 0 amide bonds. The topological polar surface area (TPSA) is 40.5 Å². The van der Waals surface area contributed by atoms with Gasteiger partial charge in [-0.25, -0.2) is 0 Å². The molecular weight excluding hydrogens is 236 g/mol. The quantitative estimate of drug-likeness (QED) is 0.803. The fourth-order valence-electron chi connectivity index (χ4n) is 5.93. The Morgan fingerprint density at radius 2 is 1.74 bits per heavy atom. The summed E-state index contributed by atoms with van der Waals surface area (Å²) in [5.41, 5.74) is -0.0800. The average Bonchev–Trinajstić information content (AvgIpc) is 2.25. The lowest BCUT2D eigenvalue weighted by Gasteiger charge is -2.62. The molecule has 0 aromatic carbocycles. The molecule has 0 radical (unpaired) electrons. The van der Waals surface area contributed by atoms with Crippen LogP contribution in [-0.2, 0) is 0 Å². The predicted octanol–water partition coefficient (Wildman–Crippen LogP) is 3.61. The van der Waals surface area contributed by atoms with E-state index in [1.165, 1.54) is 19.3 Å². The van der Waals surface area contributed by atoms with Crippen LogP contribution in [0.4, 0.5) is 0 Å². The highest BCUT2D eigenvalue weighted by Crippen LogP contribution is 2.63. The number of hydrogen-bond acceptors (Lipinski definition) is 2. The summed E-state index contributed by atoms with van der Waals surface area (Å²) < 4.78 is 0. The van der Waals surface area contributed by atoms with Crippen molar-refractivity contribution in [2.45, 2.75) is 72.3 Å². The SMILES string of the molecule is C[C@@H](CO)[C@@H]1[C@@]2(C)CCCC(C)(C)[C@@H]2CC[C@@]1(C)O. The van der Waals surface area contributed by atoms with E-state index in [9.17, 15) is 10.2 Å². The molecule has 2 fully saturated rings. The molecule has 0 saturated heterocycles. The second kappa shape index (κ2) is 4.73. The van der Waals surface area contributed by atoms with E-state index in [4.69, 9.17) is 0 Å². The summed E-state index contributed by atoms with van der Waals surface area (Å²) in [4.78, 5) is 0. The Labute approximate surface area is 118 Å². The Hall–Kier alpha value is -0.0800. The number of aliphatic hydroxyl groups is 2. The minimum absolute atomic E-state index is 0.172. The van der Waals surface area contributed by atoms with Crippen molar-refractivity contribution in [2.24, 2.45) is 28.6 Å². The number of aliphatic hydroxyl groups excluding tert-OH is 1. The molecule has 0 spiro atoms. The standard InChI is InChI=1S/C17H32O2/c1-12(11-18)14-16(4)9-6-8-15(2,3)13(16)7-10-17(14,5)19/h12-14,18-19H,6-11H2,1-5H3/t12-,13-,14+,16-,17+/m0/s1. The van der Waals surface area contributed by atoms with Crippen molar-refractivity contribution in [1.82, 2.24) is 0 Å². The van der Waals surface area contributed by atoms with E-state index in [0.29, 0.717) is 11.3 Å². The van der Waals surface area contributed by atoms with Crippen LogP contribution >= 0.6 is 0 Å². The summed E-state index contributed by atoms with van der Waals surface area (Å²) in [6.07, 6.45) is 5.77. The van der Waals surface area contributed by atoms with Crippen molar-refractivity contribution in [3.8, 4) is 0 Å². The molecule has 0 bridgehead atoms. The lowest BCUT2D eigenvalue weighted by atomic mass is 9.44. The first-order valence-electron chi connectivity index (χ1n) is 7.98. The summed E-state index contributed by atoms with van der Waals surface area (Å²) >= 11 is 0. The van der Waals surface area contributed by atoms with E-state index in [2.05, 4.69) is 27.7 Å². The lowest BCUT2D eigenvalue weighted by molar-refractivity contribution is -0.187. The molecule has 2 aliphatic rings.